The number of hydrogen-bond acceptors (Lipinski definition) is 3. The Balaban J connectivity index is 2.90. The molecule has 0 unspecified atom stereocenters. The van der Waals surface area contributed by atoms with E-state index in [-0.39, 0.29) is 0 Å². The van der Waals surface area contributed by atoms with Crippen LogP contribution in [0.5, 0.6) is 0 Å². The number of aromatic nitrogens is 2. The van der Waals surface area contributed by atoms with Crippen molar-refractivity contribution >= 4 is 0 Å². The Labute approximate surface area is 85.8 Å². The maximum atomic E-state index is 5.45. The molecule has 0 spiro atoms. The van der Waals surface area contributed by atoms with Gasteiger partial charge in [-0.05, 0) is 38.8 Å². The fourth-order valence-corrected chi connectivity index (χ4v) is 1.69. The fourth-order valence-electron chi connectivity index (χ4n) is 1.69. The van der Waals surface area contributed by atoms with Gasteiger partial charge in [0, 0.05) is 17.8 Å². The molecule has 0 saturated carbocycles. The molecule has 0 fully saturated rings. The lowest BCUT2D eigenvalue weighted by Crippen LogP contribution is -2.07. The van der Waals surface area contributed by atoms with Gasteiger partial charge in [-0.3, -0.25) is 0 Å². The van der Waals surface area contributed by atoms with E-state index in [0.717, 1.165) is 36.5 Å². The number of rotatable bonds is 4. The van der Waals surface area contributed by atoms with E-state index in [1.807, 2.05) is 0 Å². The molecule has 1 rings (SSSR count). The second kappa shape index (κ2) is 5.05. The van der Waals surface area contributed by atoms with E-state index in [0.29, 0.717) is 6.54 Å². The van der Waals surface area contributed by atoms with Gasteiger partial charge in [-0.25, -0.2) is 9.97 Å². The van der Waals surface area contributed by atoms with Crippen LogP contribution < -0.4 is 5.73 Å². The number of hydrogen-bond donors (Lipinski definition) is 1. The largest absolute Gasteiger partial charge is 0.330 e. The topological polar surface area (TPSA) is 51.8 Å². The summed E-state index contributed by atoms with van der Waals surface area (Å²) in [5.41, 5.74) is 8.97. The lowest BCUT2D eigenvalue weighted by Gasteiger charge is -2.08. The third kappa shape index (κ3) is 2.51. The lowest BCUT2D eigenvalue weighted by molar-refractivity contribution is 0.761. The van der Waals surface area contributed by atoms with Crippen LogP contribution in [0.1, 0.15) is 36.1 Å². The molecule has 0 radical (unpaired) electrons. The van der Waals surface area contributed by atoms with Crippen molar-refractivity contribution in [1.29, 1.82) is 0 Å². The zero-order valence-corrected chi connectivity index (χ0v) is 9.30. The molecular formula is C11H19N3. The van der Waals surface area contributed by atoms with Gasteiger partial charge >= 0.3 is 0 Å². The molecule has 1 aromatic heterocycles. The minimum Gasteiger partial charge on any atom is -0.330 e. The molecule has 2 N–H and O–H groups in total. The molecule has 1 heterocycles. The lowest BCUT2D eigenvalue weighted by atomic mass is 10.1. The Morgan fingerprint density at radius 1 is 1.14 bits per heavy atom. The first-order valence-electron chi connectivity index (χ1n) is 5.22. The highest BCUT2D eigenvalue weighted by Gasteiger charge is 2.05. The second-order valence-corrected chi connectivity index (χ2v) is 3.53. The molecule has 1 aromatic rings. The number of aryl methyl sites for hydroxylation is 3. The first-order chi connectivity index (χ1) is 6.69. The van der Waals surface area contributed by atoms with Gasteiger partial charge in [-0.15, -0.1) is 0 Å². The van der Waals surface area contributed by atoms with Crippen molar-refractivity contribution in [3.63, 3.8) is 0 Å². The Bertz CT molecular complexity index is 284. The number of nitrogens with two attached hydrogens (primary N) is 1. The van der Waals surface area contributed by atoms with Gasteiger partial charge in [0.2, 0.25) is 0 Å². The molecule has 0 bridgehead atoms. The van der Waals surface area contributed by atoms with Gasteiger partial charge in [-0.1, -0.05) is 6.92 Å². The van der Waals surface area contributed by atoms with Crippen LogP contribution in [0.25, 0.3) is 0 Å². The highest BCUT2D eigenvalue weighted by molar-refractivity contribution is 5.24. The van der Waals surface area contributed by atoms with E-state index in [4.69, 9.17) is 5.73 Å². The highest BCUT2D eigenvalue weighted by atomic mass is 14.9. The summed E-state index contributed by atoms with van der Waals surface area (Å²) in [6.45, 7) is 6.95. The monoisotopic (exact) mass is 193 g/mol. The molecule has 3 heteroatoms. The van der Waals surface area contributed by atoms with Crippen LogP contribution >= 0.6 is 0 Å². The van der Waals surface area contributed by atoms with E-state index in [2.05, 4.69) is 30.7 Å². The molecular weight excluding hydrogens is 174 g/mol. The van der Waals surface area contributed by atoms with E-state index < -0.39 is 0 Å². The molecule has 78 valence electrons. The predicted octanol–water partition coefficient (Wildman–Crippen LogP) is 1.55. The Kier molecular flexibility index (Phi) is 4.01. The standard InChI is InChI=1S/C11H19N3/c1-4-10-8(2)13-11(6-5-7-12)14-9(10)3/h4-7,12H2,1-3H3. The molecule has 0 atom stereocenters. The van der Waals surface area contributed by atoms with Gasteiger partial charge in [-0.2, -0.15) is 0 Å². The fraction of sp³-hybridized carbons (Fsp3) is 0.636. The van der Waals surface area contributed by atoms with Crippen molar-refractivity contribution in [1.82, 2.24) is 9.97 Å². The van der Waals surface area contributed by atoms with Crippen LogP contribution in [0.15, 0.2) is 0 Å². The summed E-state index contributed by atoms with van der Waals surface area (Å²) in [6, 6.07) is 0. The third-order valence-electron chi connectivity index (χ3n) is 2.43. The average Bonchev–Trinajstić information content (AvgIpc) is 2.14. The molecule has 3 nitrogen and oxygen atoms in total. The van der Waals surface area contributed by atoms with Gasteiger partial charge in [0.1, 0.15) is 5.82 Å². The Morgan fingerprint density at radius 2 is 1.71 bits per heavy atom. The summed E-state index contributed by atoms with van der Waals surface area (Å²) in [5.74, 6) is 0.933. The summed E-state index contributed by atoms with van der Waals surface area (Å²) >= 11 is 0. The predicted molar refractivity (Wildman–Crippen MR) is 58.3 cm³/mol. The zero-order valence-electron chi connectivity index (χ0n) is 9.30. The van der Waals surface area contributed by atoms with Crippen molar-refractivity contribution in [3.05, 3.63) is 22.8 Å². The SMILES string of the molecule is CCc1c(C)nc(CCCN)nc1C. The smallest absolute Gasteiger partial charge is 0.128 e. The third-order valence-corrected chi connectivity index (χ3v) is 2.43. The van der Waals surface area contributed by atoms with Crippen LogP contribution in [0.3, 0.4) is 0 Å². The highest BCUT2D eigenvalue weighted by Crippen LogP contribution is 2.11. The summed E-state index contributed by atoms with van der Waals surface area (Å²) in [5, 5.41) is 0. The van der Waals surface area contributed by atoms with Crippen LogP contribution in [-0.4, -0.2) is 16.5 Å². The normalized spacial score (nSPS) is 10.6. The molecule has 0 amide bonds. The molecule has 0 saturated heterocycles. The van der Waals surface area contributed by atoms with Gasteiger partial charge in [0.25, 0.3) is 0 Å². The van der Waals surface area contributed by atoms with Crippen LogP contribution in [0, 0.1) is 13.8 Å². The summed E-state index contributed by atoms with van der Waals surface area (Å²) in [4.78, 5) is 8.95. The average molecular weight is 193 g/mol. The van der Waals surface area contributed by atoms with E-state index in [1.165, 1.54) is 5.56 Å². The number of nitrogens with zero attached hydrogens (tertiary/aromatic N) is 2. The molecule has 0 aliphatic rings. The summed E-state index contributed by atoms with van der Waals surface area (Å²) in [7, 11) is 0. The minimum absolute atomic E-state index is 0.705. The summed E-state index contributed by atoms with van der Waals surface area (Å²) in [6.07, 6.45) is 2.86. The van der Waals surface area contributed by atoms with Gasteiger partial charge in [0.15, 0.2) is 0 Å². The van der Waals surface area contributed by atoms with Crippen LogP contribution in [0.2, 0.25) is 0 Å². The van der Waals surface area contributed by atoms with Crippen molar-refractivity contribution in [2.24, 2.45) is 5.73 Å². The van der Waals surface area contributed by atoms with Crippen molar-refractivity contribution in [3.8, 4) is 0 Å². The summed E-state index contributed by atoms with van der Waals surface area (Å²) < 4.78 is 0. The molecule has 0 aliphatic heterocycles. The zero-order chi connectivity index (χ0) is 10.6. The quantitative estimate of drug-likeness (QED) is 0.789. The van der Waals surface area contributed by atoms with Gasteiger partial charge < -0.3 is 5.73 Å². The molecule has 0 aromatic carbocycles. The van der Waals surface area contributed by atoms with E-state index >= 15 is 0 Å². The second-order valence-electron chi connectivity index (χ2n) is 3.53. The maximum absolute atomic E-state index is 5.45. The van der Waals surface area contributed by atoms with Crippen molar-refractivity contribution < 1.29 is 0 Å². The first kappa shape index (κ1) is 11.1. The Morgan fingerprint density at radius 3 is 2.14 bits per heavy atom. The molecule has 14 heavy (non-hydrogen) atoms. The van der Waals surface area contributed by atoms with Crippen molar-refractivity contribution in [2.75, 3.05) is 6.54 Å². The van der Waals surface area contributed by atoms with Crippen molar-refractivity contribution in [2.45, 2.75) is 40.0 Å². The van der Waals surface area contributed by atoms with Gasteiger partial charge in [0.05, 0.1) is 0 Å². The Hall–Kier alpha value is -0.960. The molecule has 0 aliphatic carbocycles. The van der Waals surface area contributed by atoms with E-state index in [9.17, 15) is 0 Å². The van der Waals surface area contributed by atoms with E-state index in [1.54, 1.807) is 0 Å². The first-order valence-corrected chi connectivity index (χ1v) is 5.22. The maximum Gasteiger partial charge on any atom is 0.128 e. The minimum atomic E-state index is 0.705. The van der Waals surface area contributed by atoms with Crippen LogP contribution in [0.4, 0.5) is 0 Å². The van der Waals surface area contributed by atoms with Crippen LogP contribution in [-0.2, 0) is 12.8 Å².